The van der Waals surface area contributed by atoms with Gasteiger partial charge in [0.2, 0.25) is 0 Å². The van der Waals surface area contributed by atoms with Crippen molar-refractivity contribution in [3.8, 4) is 0 Å². The summed E-state index contributed by atoms with van der Waals surface area (Å²) in [5.74, 6) is -2.73. The highest BCUT2D eigenvalue weighted by molar-refractivity contribution is 5.94. The molecular formula is C7H7FO4. The lowest BCUT2D eigenvalue weighted by molar-refractivity contribution is -0.135. The average Bonchev–Trinajstić information content (AvgIpc) is 1.96. The maximum Gasteiger partial charge on any atom is 0.332 e. The van der Waals surface area contributed by atoms with Gasteiger partial charge in [0.1, 0.15) is 0 Å². The SMILES string of the molecule is O=C(O)C=C(CC=CF)C(=O)O. The Bertz CT molecular complexity index is 242. The molecule has 0 aliphatic rings. The van der Waals surface area contributed by atoms with Crippen LogP contribution in [0.5, 0.6) is 0 Å². The average molecular weight is 174 g/mol. The minimum atomic E-state index is -1.37. The Hall–Kier alpha value is -1.65. The monoisotopic (exact) mass is 174 g/mol. The number of allylic oxidation sites excluding steroid dienone is 1. The van der Waals surface area contributed by atoms with Gasteiger partial charge in [0, 0.05) is 18.1 Å². The molecule has 0 aliphatic heterocycles. The van der Waals surface area contributed by atoms with Crippen molar-refractivity contribution >= 4 is 11.9 Å². The van der Waals surface area contributed by atoms with Crippen LogP contribution in [0.25, 0.3) is 0 Å². The molecule has 0 fully saturated rings. The molecule has 0 heterocycles. The van der Waals surface area contributed by atoms with E-state index in [4.69, 9.17) is 10.2 Å². The molecule has 0 saturated heterocycles. The lowest BCUT2D eigenvalue weighted by Gasteiger charge is -1.93. The summed E-state index contributed by atoms with van der Waals surface area (Å²) >= 11 is 0. The van der Waals surface area contributed by atoms with Crippen LogP contribution in [0.3, 0.4) is 0 Å². The third-order valence-corrected chi connectivity index (χ3v) is 0.999. The fraction of sp³-hybridized carbons (Fsp3) is 0.143. The summed E-state index contributed by atoms with van der Waals surface area (Å²) in [6.07, 6.45) is 1.38. The lowest BCUT2D eigenvalue weighted by atomic mass is 10.2. The Morgan fingerprint density at radius 3 is 2.25 bits per heavy atom. The molecule has 12 heavy (non-hydrogen) atoms. The summed E-state index contributed by atoms with van der Waals surface area (Å²) in [5, 5.41) is 16.5. The van der Waals surface area contributed by atoms with Crippen molar-refractivity contribution in [2.24, 2.45) is 0 Å². The summed E-state index contributed by atoms with van der Waals surface area (Å²) in [5.41, 5.74) is -0.364. The van der Waals surface area contributed by atoms with E-state index < -0.39 is 11.9 Å². The van der Waals surface area contributed by atoms with Gasteiger partial charge in [0.05, 0.1) is 6.33 Å². The fourth-order valence-corrected chi connectivity index (χ4v) is 0.529. The Labute approximate surface area is 67.6 Å². The van der Waals surface area contributed by atoms with Crippen LogP contribution in [0, 0.1) is 0 Å². The van der Waals surface area contributed by atoms with Crippen LogP contribution in [0.15, 0.2) is 24.1 Å². The molecule has 0 aliphatic carbocycles. The summed E-state index contributed by atoms with van der Waals surface area (Å²) in [6.45, 7) is 0. The van der Waals surface area contributed by atoms with Crippen molar-refractivity contribution in [3.05, 3.63) is 24.1 Å². The zero-order chi connectivity index (χ0) is 9.56. The summed E-state index contributed by atoms with van der Waals surface area (Å²) in [4.78, 5) is 20.3. The van der Waals surface area contributed by atoms with Crippen molar-refractivity contribution in [2.75, 3.05) is 0 Å². The Morgan fingerprint density at radius 2 is 1.92 bits per heavy atom. The third-order valence-electron chi connectivity index (χ3n) is 0.999. The van der Waals surface area contributed by atoms with Gasteiger partial charge in [-0.25, -0.2) is 14.0 Å². The zero-order valence-electron chi connectivity index (χ0n) is 6.03. The maximum absolute atomic E-state index is 11.4. The predicted octanol–water partition coefficient (Wildman–Crippen LogP) is 0.955. The normalized spacial score (nSPS) is 11.9. The second-order valence-electron chi connectivity index (χ2n) is 1.88. The molecule has 0 amide bonds. The molecule has 0 saturated carbocycles. The predicted molar refractivity (Wildman–Crippen MR) is 38.2 cm³/mol. The summed E-state index contributed by atoms with van der Waals surface area (Å²) in [6, 6.07) is 0. The van der Waals surface area contributed by atoms with Gasteiger partial charge in [-0.05, 0) is 0 Å². The standard InChI is InChI=1S/C7H7FO4/c8-3-1-2-5(7(11)12)4-6(9)10/h1,3-4H,2H2,(H,9,10)(H,11,12). The first-order valence-corrected chi connectivity index (χ1v) is 3.00. The van der Waals surface area contributed by atoms with Crippen molar-refractivity contribution in [1.29, 1.82) is 0 Å². The first-order valence-electron chi connectivity index (χ1n) is 3.00. The van der Waals surface area contributed by atoms with Gasteiger partial charge >= 0.3 is 11.9 Å². The number of carboxylic acids is 2. The van der Waals surface area contributed by atoms with Crippen LogP contribution in [-0.4, -0.2) is 22.2 Å². The van der Waals surface area contributed by atoms with E-state index in [0.717, 1.165) is 6.08 Å². The van der Waals surface area contributed by atoms with Crippen LogP contribution in [0.4, 0.5) is 4.39 Å². The Balaban J connectivity index is 4.44. The minimum Gasteiger partial charge on any atom is -0.478 e. The number of carboxylic acid groups (broad SMARTS) is 2. The molecule has 66 valence electrons. The number of rotatable bonds is 4. The topological polar surface area (TPSA) is 74.6 Å². The highest BCUT2D eigenvalue weighted by atomic mass is 19.1. The quantitative estimate of drug-likeness (QED) is 0.622. The smallest absolute Gasteiger partial charge is 0.332 e. The van der Waals surface area contributed by atoms with Crippen LogP contribution < -0.4 is 0 Å². The lowest BCUT2D eigenvalue weighted by Crippen LogP contribution is -2.02. The van der Waals surface area contributed by atoms with Gasteiger partial charge in [-0.3, -0.25) is 0 Å². The number of carbonyl (C=O) groups is 2. The van der Waals surface area contributed by atoms with Gasteiger partial charge in [0.15, 0.2) is 0 Å². The van der Waals surface area contributed by atoms with Crippen molar-refractivity contribution in [1.82, 2.24) is 0 Å². The molecule has 0 aromatic carbocycles. The number of aliphatic carboxylic acids is 2. The van der Waals surface area contributed by atoms with E-state index in [-0.39, 0.29) is 18.3 Å². The fourth-order valence-electron chi connectivity index (χ4n) is 0.529. The van der Waals surface area contributed by atoms with E-state index in [1.54, 1.807) is 0 Å². The Kier molecular flexibility index (Phi) is 4.36. The van der Waals surface area contributed by atoms with E-state index in [1.807, 2.05) is 0 Å². The minimum absolute atomic E-state index is 0.165. The Morgan fingerprint density at radius 1 is 1.33 bits per heavy atom. The highest BCUT2D eigenvalue weighted by Gasteiger charge is 2.06. The number of hydrogen-bond acceptors (Lipinski definition) is 2. The first kappa shape index (κ1) is 10.3. The van der Waals surface area contributed by atoms with Crippen molar-refractivity contribution < 1.29 is 24.2 Å². The molecule has 0 rings (SSSR count). The van der Waals surface area contributed by atoms with E-state index in [2.05, 4.69) is 0 Å². The van der Waals surface area contributed by atoms with Gasteiger partial charge < -0.3 is 10.2 Å². The molecule has 0 spiro atoms. The molecule has 2 N–H and O–H groups in total. The molecular weight excluding hydrogens is 167 g/mol. The van der Waals surface area contributed by atoms with E-state index >= 15 is 0 Å². The van der Waals surface area contributed by atoms with Gasteiger partial charge in [-0.2, -0.15) is 0 Å². The van der Waals surface area contributed by atoms with Crippen molar-refractivity contribution in [3.63, 3.8) is 0 Å². The van der Waals surface area contributed by atoms with Crippen LogP contribution in [-0.2, 0) is 9.59 Å². The second kappa shape index (κ2) is 5.06. The third kappa shape index (κ3) is 4.21. The van der Waals surface area contributed by atoms with Gasteiger partial charge in [-0.1, -0.05) is 6.08 Å². The molecule has 0 aromatic heterocycles. The molecule has 0 radical (unpaired) electrons. The zero-order valence-corrected chi connectivity index (χ0v) is 6.03. The van der Waals surface area contributed by atoms with Gasteiger partial charge in [0.25, 0.3) is 0 Å². The first-order chi connectivity index (χ1) is 5.57. The molecule has 0 atom stereocenters. The van der Waals surface area contributed by atoms with Crippen LogP contribution in [0.1, 0.15) is 6.42 Å². The van der Waals surface area contributed by atoms with Crippen molar-refractivity contribution in [2.45, 2.75) is 6.42 Å². The van der Waals surface area contributed by atoms with Crippen LogP contribution in [0.2, 0.25) is 0 Å². The second-order valence-corrected chi connectivity index (χ2v) is 1.88. The molecule has 0 aromatic rings. The molecule has 0 bridgehead atoms. The molecule has 0 unspecified atom stereocenters. The van der Waals surface area contributed by atoms with E-state index in [9.17, 15) is 14.0 Å². The maximum atomic E-state index is 11.4. The number of hydrogen-bond donors (Lipinski definition) is 2. The largest absolute Gasteiger partial charge is 0.478 e. The summed E-state index contributed by atoms with van der Waals surface area (Å²) in [7, 11) is 0. The van der Waals surface area contributed by atoms with Gasteiger partial charge in [-0.15, -0.1) is 0 Å². The summed E-state index contributed by atoms with van der Waals surface area (Å²) < 4.78 is 11.4. The molecule has 5 heteroatoms. The van der Waals surface area contributed by atoms with E-state index in [1.165, 1.54) is 0 Å². The highest BCUT2D eigenvalue weighted by Crippen LogP contribution is 2.02. The van der Waals surface area contributed by atoms with E-state index in [0.29, 0.717) is 6.08 Å². The van der Waals surface area contributed by atoms with Crippen LogP contribution >= 0.6 is 0 Å². The molecule has 4 nitrogen and oxygen atoms in total. The number of halogens is 1.